The highest BCUT2D eigenvalue weighted by molar-refractivity contribution is 6.46. The topological polar surface area (TPSA) is 104 Å². The van der Waals surface area contributed by atoms with Gasteiger partial charge >= 0.3 is 11.9 Å². The van der Waals surface area contributed by atoms with Gasteiger partial charge in [-0.3, -0.25) is 14.6 Å². The largest absolute Gasteiger partial charge is 0.480 e. The fourth-order valence-corrected chi connectivity index (χ4v) is 0.914. The third-order valence-corrected chi connectivity index (χ3v) is 1.48. The number of aliphatic imine (C=N–C) groups is 1. The molecule has 0 aromatic carbocycles. The molecule has 2 N–H and O–H groups in total. The van der Waals surface area contributed by atoms with Crippen LogP contribution in [0.5, 0.6) is 0 Å². The van der Waals surface area contributed by atoms with Gasteiger partial charge in [0.25, 0.3) is 0 Å². The van der Waals surface area contributed by atoms with Crippen LogP contribution in [0.3, 0.4) is 0 Å². The van der Waals surface area contributed by atoms with Crippen LogP contribution in [-0.2, 0) is 14.4 Å². The number of rotatable bonds is 2. The minimum Gasteiger partial charge on any atom is -0.480 e. The number of carbonyl (C=O) groups excluding carboxylic acids is 1. The van der Waals surface area contributed by atoms with Crippen LogP contribution in [0.25, 0.3) is 0 Å². The van der Waals surface area contributed by atoms with Crippen molar-refractivity contribution in [1.82, 2.24) is 0 Å². The van der Waals surface area contributed by atoms with E-state index in [0.717, 1.165) is 12.3 Å². The number of hydrogen-bond acceptors (Lipinski definition) is 4. The standard InChI is InChI=1S/C7H5NO5/c9-3-1-2-8-5(7(12)13)4(3)6(10)11/h1-2,4H,(H,10,11)(H,12,13). The van der Waals surface area contributed by atoms with Crippen LogP contribution in [0, 0.1) is 5.92 Å². The Bertz CT molecular complexity index is 341. The number of aliphatic carboxylic acids is 2. The summed E-state index contributed by atoms with van der Waals surface area (Å²) in [7, 11) is 0. The number of hydrogen-bond donors (Lipinski definition) is 2. The smallest absolute Gasteiger partial charge is 0.351 e. The maximum Gasteiger partial charge on any atom is 0.351 e. The number of allylic oxidation sites excluding steroid dienone is 1. The van der Waals surface area contributed by atoms with E-state index in [2.05, 4.69) is 4.99 Å². The molecule has 1 rings (SSSR count). The lowest BCUT2D eigenvalue weighted by atomic mass is 9.96. The van der Waals surface area contributed by atoms with E-state index in [1.54, 1.807) is 0 Å². The summed E-state index contributed by atoms with van der Waals surface area (Å²) in [5.41, 5.74) is -0.653. The van der Waals surface area contributed by atoms with Gasteiger partial charge in [0.05, 0.1) is 0 Å². The van der Waals surface area contributed by atoms with Crippen LogP contribution >= 0.6 is 0 Å². The van der Waals surface area contributed by atoms with E-state index < -0.39 is 29.4 Å². The number of carboxylic acid groups (broad SMARTS) is 2. The number of nitrogens with zero attached hydrogens (tertiary/aromatic N) is 1. The highest BCUT2D eigenvalue weighted by Gasteiger charge is 2.35. The van der Waals surface area contributed by atoms with E-state index in [4.69, 9.17) is 10.2 Å². The lowest BCUT2D eigenvalue weighted by Crippen LogP contribution is -2.36. The lowest BCUT2D eigenvalue weighted by molar-refractivity contribution is -0.144. The van der Waals surface area contributed by atoms with Crippen molar-refractivity contribution < 1.29 is 24.6 Å². The van der Waals surface area contributed by atoms with Crippen molar-refractivity contribution in [1.29, 1.82) is 0 Å². The zero-order valence-electron chi connectivity index (χ0n) is 6.30. The molecule has 1 aliphatic heterocycles. The molecule has 6 nitrogen and oxygen atoms in total. The first-order chi connectivity index (χ1) is 6.04. The van der Waals surface area contributed by atoms with E-state index in [0.29, 0.717) is 0 Å². The minimum absolute atomic E-state index is 0.653. The van der Waals surface area contributed by atoms with Gasteiger partial charge in [-0.15, -0.1) is 0 Å². The van der Waals surface area contributed by atoms with Gasteiger partial charge in [0, 0.05) is 12.3 Å². The predicted molar refractivity (Wildman–Crippen MR) is 40.3 cm³/mol. The molecule has 0 aromatic heterocycles. The summed E-state index contributed by atoms with van der Waals surface area (Å²) in [6.07, 6.45) is 1.91. The van der Waals surface area contributed by atoms with Gasteiger partial charge in [-0.25, -0.2) is 4.79 Å². The maximum atomic E-state index is 10.9. The molecule has 68 valence electrons. The molecule has 0 aliphatic carbocycles. The van der Waals surface area contributed by atoms with Crippen molar-refractivity contribution in [3.05, 3.63) is 12.3 Å². The van der Waals surface area contributed by atoms with Crippen molar-refractivity contribution in [2.45, 2.75) is 0 Å². The van der Waals surface area contributed by atoms with Crippen molar-refractivity contribution in [2.75, 3.05) is 0 Å². The molecule has 0 fully saturated rings. The maximum absolute atomic E-state index is 10.9. The molecule has 0 amide bonds. The van der Waals surface area contributed by atoms with Gasteiger partial charge in [-0.1, -0.05) is 0 Å². The Morgan fingerprint density at radius 3 is 2.38 bits per heavy atom. The molecule has 0 aromatic rings. The minimum atomic E-state index is -1.68. The fourth-order valence-electron chi connectivity index (χ4n) is 0.914. The Hall–Kier alpha value is -1.98. The quantitative estimate of drug-likeness (QED) is 0.551. The fraction of sp³-hybridized carbons (Fsp3) is 0.143. The highest BCUT2D eigenvalue weighted by atomic mass is 16.4. The summed E-state index contributed by atoms with van der Waals surface area (Å²) in [4.78, 5) is 35.2. The molecule has 0 saturated carbocycles. The highest BCUT2D eigenvalue weighted by Crippen LogP contribution is 2.09. The molecular formula is C7H5NO5. The van der Waals surface area contributed by atoms with Crippen molar-refractivity contribution in [2.24, 2.45) is 10.9 Å². The second-order valence-corrected chi connectivity index (χ2v) is 2.31. The Morgan fingerprint density at radius 1 is 1.38 bits per heavy atom. The van der Waals surface area contributed by atoms with E-state index in [1.807, 2.05) is 0 Å². The predicted octanol–water partition coefficient (Wildman–Crippen LogP) is -0.691. The molecule has 0 bridgehead atoms. The Labute approximate surface area is 72.2 Å². The monoisotopic (exact) mass is 183 g/mol. The summed E-state index contributed by atoms with van der Waals surface area (Å²) >= 11 is 0. The van der Waals surface area contributed by atoms with E-state index >= 15 is 0 Å². The van der Waals surface area contributed by atoms with Gasteiger partial charge < -0.3 is 10.2 Å². The van der Waals surface area contributed by atoms with Crippen LogP contribution < -0.4 is 0 Å². The molecule has 1 aliphatic rings. The summed E-state index contributed by atoms with van der Waals surface area (Å²) in [5.74, 6) is -5.46. The third kappa shape index (κ3) is 1.61. The van der Waals surface area contributed by atoms with Crippen molar-refractivity contribution in [3.63, 3.8) is 0 Å². The van der Waals surface area contributed by atoms with Gasteiger partial charge in [-0.2, -0.15) is 0 Å². The van der Waals surface area contributed by atoms with Crippen molar-refractivity contribution >= 4 is 23.4 Å². The average Bonchev–Trinajstić information content (AvgIpc) is 2.02. The van der Waals surface area contributed by atoms with Gasteiger partial charge in [-0.05, 0) is 0 Å². The van der Waals surface area contributed by atoms with Gasteiger partial charge in [0.2, 0.25) is 0 Å². The Kier molecular flexibility index (Phi) is 2.23. The summed E-state index contributed by atoms with van der Waals surface area (Å²) in [5, 5.41) is 17.0. The average molecular weight is 183 g/mol. The molecular weight excluding hydrogens is 178 g/mol. The summed E-state index contributed by atoms with van der Waals surface area (Å²) < 4.78 is 0. The molecule has 0 radical (unpaired) electrons. The van der Waals surface area contributed by atoms with Crippen LogP contribution in [0.15, 0.2) is 17.3 Å². The second-order valence-electron chi connectivity index (χ2n) is 2.31. The summed E-state index contributed by atoms with van der Waals surface area (Å²) in [6.45, 7) is 0. The Morgan fingerprint density at radius 2 is 2.00 bits per heavy atom. The van der Waals surface area contributed by atoms with Crippen LogP contribution in [-0.4, -0.2) is 33.6 Å². The van der Waals surface area contributed by atoms with Crippen LogP contribution in [0.4, 0.5) is 0 Å². The molecule has 1 heterocycles. The molecule has 1 atom stereocenters. The first-order valence-electron chi connectivity index (χ1n) is 3.28. The first-order valence-corrected chi connectivity index (χ1v) is 3.28. The van der Waals surface area contributed by atoms with Crippen molar-refractivity contribution in [3.8, 4) is 0 Å². The number of carboxylic acids is 2. The molecule has 13 heavy (non-hydrogen) atoms. The first kappa shape index (κ1) is 9.11. The van der Waals surface area contributed by atoms with E-state index in [-0.39, 0.29) is 0 Å². The molecule has 0 spiro atoms. The van der Waals surface area contributed by atoms with E-state index in [1.165, 1.54) is 0 Å². The zero-order valence-corrected chi connectivity index (χ0v) is 6.30. The SMILES string of the molecule is O=C(O)C1=NC=CC(=O)C1C(=O)O. The Balaban J connectivity index is 3.10. The number of ketones is 1. The second kappa shape index (κ2) is 3.18. The molecule has 0 saturated heterocycles. The molecule has 6 heteroatoms. The van der Waals surface area contributed by atoms with Crippen LogP contribution in [0.1, 0.15) is 0 Å². The van der Waals surface area contributed by atoms with Gasteiger partial charge in [0.1, 0.15) is 5.71 Å². The number of carbonyl (C=O) groups is 3. The summed E-state index contributed by atoms with van der Waals surface area (Å²) in [6, 6.07) is 0. The zero-order chi connectivity index (χ0) is 10.0. The van der Waals surface area contributed by atoms with Crippen LogP contribution in [0.2, 0.25) is 0 Å². The lowest BCUT2D eigenvalue weighted by Gasteiger charge is -2.10. The van der Waals surface area contributed by atoms with E-state index in [9.17, 15) is 14.4 Å². The molecule has 1 unspecified atom stereocenters. The van der Waals surface area contributed by atoms with Gasteiger partial charge in [0.15, 0.2) is 11.7 Å². The normalized spacial score (nSPS) is 21.1. The third-order valence-electron chi connectivity index (χ3n) is 1.48.